The summed E-state index contributed by atoms with van der Waals surface area (Å²) >= 11 is 0. The van der Waals surface area contributed by atoms with Crippen molar-refractivity contribution in [2.45, 2.75) is 164 Å². The Kier molecular flexibility index (Phi) is 96.3. The minimum Gasteiger partial charge on any atom is -0.481 e. The summed E-state index contributed by atoms with van der Waals surface area (Å²) in [7, 11) is 0. The summed E-state index contributed by atoms with van der Waals surface area (Å²) < 4.78 is 0. The molecule has 5 atom stereocenters. The van der Waals surface area contributed by atoms with Crippen molar-refractivity contribution in [3.05, 3.63) is 0 Å². The molecule has 0 spiro atoms. The maximum absolute atomic E-state index is 11.0. The van der Waals surface area contributed by atoms with Gasteiger partial charge in [-0.05, 0) is 41.0 Å². The van der Waals surface area contributed by atoms with Gasteiger partial charge in [-0.15, -0.1) is 0 Å². The summed E-state index contributed by atoms with van der Waals surface area (Å²) in [6.45, 7) is 22.7. The van der Waals surface area contributed by atoms with Crippen LogP contribution in [0.1, 0.15) is 109 Å². The van der Waals surface area contributed by atoms with Crippen LogP contribution in [-0.4, -0.2) is 117 Å². The number of aliphatic carboxylic acids is 2. The van der Waals surface area contributed by atoms with Gasteiger partial charge in [0.25, 0.3) is 0 Å². The molecule has 8 N–H and O–H groups in total. The summed E-state index contributed by atoms with van der Waals surface area (Å²) in [6.07, 6.45) is -0.366. The first kappa shape index (κ1) is 90.8. The number of aliphatic hydroxyl groups is 2. The molecule has 0 rings (SSSR count). The van der Waals surface area contributed by atoms with Gasteiger partial charge in [-0.3, -0.25) is 28.8 Å². The van der Waals surface area contributed by atoms with E-state index >= 15 is 0 Å². The monoisotopic (exact) mass is 1380 g/mol. The Balaban J connectivity index is -0.0000000417. The van der Waals surface area contributed by atoms with E-state index in [0.29, 0.717) is 6.42 Å². The fourth-order valence-corrected chi connectivity index (χ4v) is 3.63. The Hall–Kier alpha value is 6.21. The molecular weight excluding hydrogens is 1310 g/mol. The van der Waals surface area contributed by atoms with Crippen molar-refractivity contribution >= 4 is 35.1 Å². The molecule has 8 radical (unpaired) electrons. The molecule has 0 amide bonds. The van der Waals surface area contributed by atoms with Gasteiger partial charge in [-0.2, -0.15) is 0 Å². The number of ketones is 4. The van der Waals surface area contributed by atoms with Gasteiger partial charge in [0.05, 0.1) is 43.3 Å². The normalized spacial score (nSPS) is 11.9. The quantitative estimate of drug-likeness (QED) is 0.0917. The molecule has 14 nitrogen and oxygen atoms in total. The number of carbonyl (C=O) groups excluding carboxylic acids is 4. The molecule has 0 bridgehead atoms. The van der Waals surface area contributed by atoms with E-state index in [1.807, 2.05) is 55.4 Å². The molecule has 0 aromatic rings. The van der Waals surface area contributed by atoms with E-state index in [2.05, 4.69) is 21.3 Å². The zero-order valence-corrected chi connectivity index (χ0v) is 57.6. The number of nitrogens with one attached hydrogen (secondary N) is 4. The van der Waals surface area contributed by atoms with E-state index < -0.39 is 30.1 Å². The third-order valence-electron chi connectivity index (χ3n) is 5.72. The molecule has 0 heterocycles. The fourth-order valence-electron chi connectivity index (χ4n) is 3.63. The van der Waals surface area contributed by atoms with Gasteiger partial charge < -0.3 is 41.7 Å². The van der Waals surface area contributed by atoms with Crippen LogP contribution in [-0.2, 0) is 290 Å². The van der Waals surface area contributed by atoms with Gasteiger partial charge in [0.15, 0.2) is 0 Å². The van der Waals surface area contributed by atoms with Crippen LogP contribution in [0.5, 0.6) is 0 Å². The SMILES string of the molecule is CC(=O)[C@@H](NC(C)C)[C@@H](C)O.CC(=O)[C@H](CC(=O)O)NC(C)C.CC(=O)[C@H](CCC(=O)O)NC(C)C.CC(=O)[C@H](CO)NC(C)C.[Y].[Y].[Y].[Y].[Y].[Y].[Y].[Y]. The number of Topliss-reactive ketones (excluding diaryl/α,β-unsaturated/α-hetero) is 4. The molecule has 0 saturated carbocycles. The molecule has 0 aliphatic rings. The van der Waals surface area contributed by atoms with Gasteiger partial charge in [0.1, 0.15) is 23.1 Å². The maximum atomic E-state index is 11.0. The molecule has 0 unspecified atom stereocenters. The predicted octanol–water partition coefficient (Wildman–Crippen LogP) is 1.46. The molecular formula is C32H64N4O10Y8. The number of hydrogen-bond donors (Lipinski definition) is 8. The van der Waals surface area contributed by atoms with Crippen LogP contribution < -0.4 is 21.3 Å². The van der Waals surface area contributed by atoms with Crippen molar-refractivity contribution in [1.29, 1.82) is 0 Å². The van der Waals surface area contributed by atoms with Crippen LogP contribution in [0.3, 0.4) is 0 Å². The third-order valence-corrected chi connectivity index (χ3v) is 5.72. The summed E-state index contributed by atoms with van der Waals surface area (Å²) in [6, 6.07) is -0.908. The van der Waals surface area contributed by atoms with Crippen molar-refractivity contribution in [2.75, 3.05) is 6.61 Å². The molecule has 0 aromatic heterocycles. The minimum absolute atomic E-state index is 0. The van der Waals surface area contributed by atoms with E-state index in [0.717, 1.165) is 0 Å². The van der Waals surface area contributed by atoms with Gasteiger partial charge in [0, 0.05) is 292 Å². The van der Waals surface area contributed by atoms with Gasteiger partial charge in [0.2, 0.25) is 0 Å². The van der Waals surface area contributed by atoms with E-state index in [4.69, 9.17) is 20.4 Å². The molecule has 54 heavy (non-hydrogen) atoms. The van der Waals surface area contributed by atoms with E-state index in [9.17, 15) is 28.8 Å². The maximum Gasteiger partial charge on any atom is 0.305 e. The van der Waals surface area contributed by atoms with Crippen molar-refractivity contribution in [2.24, 2.45) is 0 Å². The molecule has 0 aromatic carbocycles. The average Bonchev–Trinajstić information content (AvgIpc) is 2.87. The second-order valence-electron chi connectivity index (χ2n) is 12.3. The minimum atomic E-state index is -0.955. The Morgan fingerprint density at radius 2 is 0.759 bits per heavy atom. The number of carboxylic acid groups (broad SMARTS) is 2. The van der Waals surface area contributed by atoms with Crippen LogP contribution in [0.4, 0.5) is 0 Å². The predicted molar refractivity (Wildman–Crippen MR) is 179 cm³/mol. The van der Waals surface area contributed by atoms with Crippen molar-refractivity contribution in [1.82, 2.24) is 21.3 Å². The van der Waals surface area contributed by atoms with Crippen LogP contribution in [0.25, 0.3) is 0 Å². The van der Waals surface area contributed by atoms with Crippen molar-refractivity contribution in [3.8, 4) is 0 Å². The molecule has 0 aliphatic carbocycles. The van der Waals surface area contributed by atoms with E-state index in [-0.39, 0.29) is 341 Å². The van der Waals surface area contributed by atoms with Crippen molar-refractivity contribution < 1.29 is 311 Å². The molecule has 0 aliphatic heterocycles. The van der Waals surface area contributed by atoms with E-state index in [1.165, 1.54) is 27.7 Å². The molecule has 0 fully saturated rings. The average molecular weight is 1380 g/mol. The molecule has 0 saturated heterocycles. The van der Waals surface area contributed by atoms with Gasteiger partial charge >= 0.3 is 11.9 Å². The summed E-state index contributed by atoms with van der Waals surface area (Å²) in [5, 5.41) is 46.5. The zero-order chi connectivity index (χ0) is 37.3. The third kappa shape index (κ3) is 67.3. The molecule has 22 heteroatoms. The summed E-state index contributed by atoms with van der Waals surface area (Å²) in [5.74, 6) is -1.99. The standard InChI is InChI=1S/C9H17NO3.C8H15NO3.C8H17NO2.C7H15NO2.8Y/c1-6(2)10-8(7(3)11)4-5-9(12)13;1-5(2)9-7(6(3)10)4-8(11)12;1-5(2)9-8(6(3)10)7(4)11;1-5(2)8-7(4-9)6(3)10;;;;;;;;/h6,8,10H,4-5H2,1-3H3,(H,12,13);5,7,9H,4H2,1-3H3,(H,11,12);5-6,8-10H,1-4H3;5,7-9H,4H2,1-3H3;;;;;;;;/t8-;7-;6-,8+;7-;;;;;;;;/m0010......../s1. The van der Waals surface area contributed by atoms with Crippen LogP contribution in [0.15, 0.2) is 0 Å². The first-order valence-electron chi connectivity index (χ1n) is 15.7. The van der Waals surface area contributed by atoms with Crippen LogP contribution in [0, 0.1) is 0 Å². The Morgan fingerprint density at radius 1 is 0.463 bits per heavy atom. The number of aliphatic hydroxyl groups excluding tert-OH is 2. The summed E-state index contributed by atoms with van der Waals surface area (Å²) in [5.41, 5.74) is 0. The Morgan fingerprint density at radius 3 is 0.926 bits per heavy atom. The zero-order valence-electron chi connectivity index (χ0n) is 34.9. The smallest absolute Gasteiger partial charge is 0.305 e. The van der Waals surface area contributed by atoms with Crippen molar-refractivity contribution in [3.63, 3.8) is 0 Å². The van der Waals surface area contributed by atoms with Crippen LogP contribution in [0.2, 0.25) is 0 Å². The Labute approximate surface area is 526 Å². The number of carboxylic acids is 2. The number of carbonyl (C=O) groups is 6. The second kappa shape index (κ2) is 57.2. The number of hydrogen-bond acceptors (Lipinski definition) is 12. The van der Waals surface area contributed by atoms with Gasteiger partial charge in [-0.1, -0.05) is 55.4 Å². The first-order valence-corrected chi connectivity index (χ1v) is 15.7. The Bertz CT molecular complexity index is 925. The molecule has 296 valence electrons. The first-order chi connectivity index (χ1) is 20.9. The largest absolute Gasteiger partial charge is 0.481 e. The topological polar surface area (TPSA) is 231 Å². The second-order valence-corrected chi connectivity index (χ2v) is 12.3. The van der Waals surface area contributed by atoms with Crippen LogP contribution >= 0.6 is 0 Å². The number of rotatable bonds is 19. The summed E-state index contributed by atoms with van der Waals surface area (Å²) in [4.78, 5) is 64.1. The van der Waals surface area contributed by atoms with E-state index in [1.54, 1.807) is 6.92 Å². The fraction of sp³-hybridized carbons (Fsp3) is 0.812. The van der Waals surface area contributed by atoms with Gasteiger partial charge in [-0.25, -0.2) is 0 Å².